The molecule has 2 aromatic rings. The number of halogens is 3. The average molecular weight is 528 g/mol. The highest BCUT2D eigenvalue weighted by Crippen LogP contribution is 2.33. The zero-order valence-corrected chi connectivity index (χ0v) is 21.4. The smallest absolute Gasteiger partial charge is 0.416 e. The Bertz CT molecular complexity index is 1130. The summed E-state index contributed by atoms with van der Waals surface area (Å²) < 4.78 is 72.5. The van der Waals surface area contributed by atoms with Crippen molar-refractivity contribution in [3.05, 3.63) is 54.1 Å². The highest BCUT2D eigenvalue weighted by atomic mass is 32.2. The lowest BCUT2D eigenvalue weighted by molar-refractivity contribution is -0.137. The summed E-state index contributed by atoms with van der Waals surface area (Å²) in [7, 11) is -2.57. The molecule has 0 saturated carbocycles. The second-order valence-electron chi connectivity index (χ2n) is 8.97. The summed E-state index contributed by atoms with van der Waals surface area (Å²) >= 11 is 0. The molecule has 1 aliphatic rings. The van der Waals surface area contributed by atoms with E-state index in [1.807, 2.05) is 24.3 Å². The van der Waals surface area contributed by atoms with E-state index >= 15 is 0 Å². The molecule has 1 fully saturated rings. The normalized spacial score (nSPS) is 15.4. The molecule has 1 saturated heterocycles. The third-order valence-corrected chi connectivity index (χ3v) is 8.31. The summed E-state index contributed by atoms with van der Waals surface area (Å²) in [6.45, 7) is 4.62. The van der Waals surface area contributed by atoms with E-state index in [4.69, 9.17) is 4.74 Å². The molecule has 0 spiro atoms. The van der Waals surface area contributed by atoms with Gasteiger partial charge in [0.25, 0.3) is 0 Å². The van der Waals surface area contributed by atoms with Crippen molar-refractivity contribution in [2.75, 3.05) is 32.1 Å². The van der Waals surface area contributed by atoms with Crippen molar-refractivity contribution in [2.24, 2.45) is 0 Å². The van der Waals surface area contributed by atoms with E-state index in [1.54, 1.807) is 25.9 Å². The van der Waals surface area contributed by atoms with Crippen LogP contribution in [-0.2, 0) is 21.0 Å². The molecule has 0 aliphatic carbocycles. The molecule has 1 aliphatic heterocycles. The molecule has 198 valence electrons. The first-order valence-electron chi connectivity index (χ1n) is 11.8. The van der Waals surface area contributed by atoms with Crippen molar-refractivity contribution in [3.63, 3.8) is 0 Å². The fourth-order valence-corrected chi connectivity index (χ4v) is 6.33. The number of benzene rings is 2. The van der Waals surface area contributed by atoms with Gasteiger partial charge in [-0.15, -0.1) is 0 Å². The highest BCUT2D eigenvalue weighted by molar-refractivity contribution is 7.89. The van der Waals surface area contributed by atoms with Gasteiger partial charge in [0.2, 0.25) is 15.9 Å². The molecule has 3 rings (SSSR count). The zero-order valence-electron chi connectivity index (χ0n) is 20.6. The summed E-state index contributed by atoms with van der Waals surface area (Å²) in [5, 5.41) is 3.19. The van der Waals surface area contributed by atoms with Crippen LogP contribution in [0.3, 0.4) is 0 Å². The van der Waals surface area contributed by atoms with E-state index < -0.39 is 33.8 Å². The fraction of sp³-hybridized carbons (Fsp3) is 0.480. The van der Waals surface area contributed by atoms with Gasteiger partial charge < -0.3 is 15.0 Å². The van der Waals surface area contributed by atoms with Crippen LogP contribution in [0.25, 0.3) is 0 Å². The zero-order chi connectivity index (χ0) is 26.5. The molecule has 0 bridgehead atoms. The van der Waals surface area contributed by atoms with Crippen molar-refractivity contribution < 1.29 is 31.1 Å². The van der Waals surface area contributed by atoms with Crippen LogP contribution in [0.5, 0.6) is 5.75 Å². The number of methoxy groups -OCH3 is 1. The number of piperidine rings is 1. The molecular weight excluding hydrogens is 495 g/mol. The Kier molecular flexibility index (Phi) is 8.89. The predicted octanol–water partition coefficient (Wildman–Crippen LogP) is 4.61. The number of likely N-dealkylation sites (tertiary alicyclic amines) is 1. The maximum Gasteiger partial charge on any atom is 0.416 e. The van der Waals surface area contributed by atoms with Crippen LogP contribution >= 0.6 is 0 Å². The van der Waals surface area contributed by atoms with Crippen molar-refractivity contribution in [1.29, 1.82) is 0 Å². The van der Waals surface area contributed by atoms with E-state index in [-0.39, 0.29) is 17.2 Å². The van der Waals surface area contributed by atoms with Gasteiger partial charge in [-0.05, 0) is 69.2 Å². The number of anilines is 1. The Morgan fingerprint density at radius 1 is 1.14 bits per heavy atom. The van der Waals surface area contributed by atoms with Crippen LogP contribution in [-0.4, -0.2) is 62.4 Å². The van der Waals surface area contributed by atoms with E-state index in [0.717, 1.165) is 23.6 Å². The molecule has 0 aromatic heterocycles. The largest absolute Gasteiger partial charge is 0.497 e. The van der Waals surface area contributed by atoms with E-state index in [1.165, 1.54) is 10.4 Å². The number of carbonyl (C=O) groups is 1. The predicted molar refractivity (Wildman–Crippen MR) is 131 cm³/mol. The van der Waals surface area contributed by atoms with Crippen LogP contribution in [0.1, 0.15) is 38.7 Å². The fourth-order valence-electron chi connectivity index (χ4n) is 4.40. The lowest BCUT2D eigenvalue weighted by atomic mass is 10.0. The van der Waals surface area contributed by atoms with Crippen LogP contribution in [0.2, 0.25) is 0 Å². The summed E-state index contributed by atoms with van der Waals surface area (Å²) in [6.07, 6.45) is -3.53. The Balaban J connectivity index is 1.60. The minimum Gasteiger partial charge on any atom is -0.497 e. The quantitative estimate of drug-likeness (QED) is 0.516. The topological polar surface area (TPSA) is 79.0 Å². The number of rotatable bonds is 9. The first kappa shape index (κ1) is 27.8. The Hall–Kier alpha value is -2.79. The minimum absolute atomic E-state index is 0.0358. The summed E-state index contributed by atoms with van der Waals surface area (Å²) in [5.74, 6) is 0.705. The number of hydrogen-bond donors (Lipinski definition) is 1. The van der Waals surface area contributed by atoms with Gasteiger partial charge in [-0.3, -0.25) is 4.79 Å². The molecule has 0 unspecified atom stereocenters. The maximum absolute atomic E-state index is 13.3. The lowest BCUT2D eigenvalue weighted by Crippen LogP contribution is -2.51. The second-order valence-corrected chi connectivity index (χ2v) is 10.8. The number of ether oxygens (including phenoxy) is 1. The van der Waals surface area contributed by atoms with Gasteiger partial charge in [-0.1, -0.05) is 6.07 Å². The SMILES string of the molecule is COc1ccc(NCCC(=O)N2CCC(N(C(C)C)S(=O)(=O)c3cccc(C(F)(F)F)c3)CC2)cc1. The van der Waals surface area contributed by atoms with E-state index in [9.17, 15) is 26.4 Å². The second kappa shape index (κ2) is 11.5. The first-order valence-corrected chi connectivity index (χ1v) is 13.2. The third-order valence-electron chi connectivity index (χ3n) is 6.18. The number of alkyl halides is 3. The summed E-state index contributed by atoms with van der Waals surface area (Å²) in [5.41, 5.74) is -0.134. The molecule has 1 heterocycles. The molecule has 0 atom stereocenters. The number of amides is 1. The Morgan fingerprint density at radius 2 is 1.78 bits per heavy atom. The minimum atomic E-state index is -4.64. The standard InChI is InChI=1S/C25H32F3N3O4S/c1-18(2)31(36(33,34)23-6-4-5-19(17-23)25(26,27)28)21-12-15-30(16-13-21)24(32)11-14-29-20-7-9-22(35-3)10-8-20/h4-10,17-18,21,29H,11-16H2,1-3H3. The number of hydrogen-bond acceptors (Lipinski definition) is 5. The van der Waals surface area contributed by atoms with Crippen LogP contribution in [0.4, 0.5) is 18.9 Å². The molecule has 0 radical (unpaired) electrons. The van der Waals surface area contributed by atoms with Gasteiger partial charge in [0.15, 0.2) is 0 Å². The van der Waals surface area contributed by atoms with Gasteiger partial charge in [-0.2, -0.15) is 17.5 Å². The van der Waals surface area contributed by atoms with Crippen molar-refractivity contribution in [2.45, 2.75) is 56.3 Å². The van der Waals surface area contributed by atoms with Crippen LogP contribution < -0.4 is 10.1 Å². The van der Waals surface area contributed by atoms with Crippen LogP contribution in [0.15, 0.2) is 53.4 Å². The number of nitrogens with zero attached hydrogens (tertiary/aromatic N) is 2. The van der Waals surface area contributed by atoms with Crippen molar-refractivity contribution >= 4 is 21.6 Å². The number of sulfonamides is 1. The van der Waals surface area contributed by atoms with Gasteiger partial charge in [0.05, 0.1) is 17.6 Å². The van der Waals surface area contributed by atoms with E-state index in [0.29, 0.717) is 38.5 Å². The van der Waals surface area contributed by atoms with Crippen molar-refractivity contribution in [1.82, 2.24) is 9.21 Å². The monoisotopic (exact) mass is 527 g/mol. The number of nitrogens with one attached hydrogen (secondary N) is 1. The van der Waals surface area contributed by atoms with Crippen LogP contribution in [0, 0.1) is 0 Å². The van der Waals surface area contributed by atoms with Crippen molar-refractivity contribution in [3.8, 4) is 5.75 Å². The molecular formula is C25H32F3N3O4S. The highest BCUT2D eigenvalue weighted by Gasteiger charge is 2.38. The average Bonchev–Trinajstić information content (AvgIpc) is 2.84. The van der Waals surface area contributed by atoms with Gasteiger partial charge in [0, 0.05) is 43.8 Å². The maximum atomic E-state index is 13.3. The molecule has 7 nitrogen and oxygen atoms in total. The Labute approximate surface area is 210 Å². The molecule has 1 N–H and O–H groups in total. The molecule has 2 aromatic carbocycles. The van der Waals surface area contributed by atoms with Gasteiger partial charge in [0.1, 0.15) is 5.75 Å². The number of carbonyl (C=O) groups excluding carboxylic acids is 1. The van der Waals surface area contributed by atoms with Gasteiger partial charge >= 0.3 is 6.18 Å². The van der Waals surface area contributed by atoms with E-state index in [2.05, 4.69) is 5.32 Å². The summed E-state index contributed by atoms with van der Waals surface area (Å²) in [6, 6.07) is 10.3. The third kappa shape index (κ3) is 6.70. The molecule has 1 amide bonds. The Morgan fingerprint density at radius 3 is 2.33 bits per heavy atom. The molecule has 11 heteroatoms. The van der Waals surface area contributed by atoms with Gasteiger partial charge in [-0.25, -0.2) is 8.42 Å². The molecule has 36 heavy (non-hydrogen) atoms. The lowest BCUT2D eigenvalue weighted by Gasteiger charge is -2.39. The first-order chi connectivity index (χ1) is 16.9. The summed E-state index contributed by atoms with van der Waals surface area (Å²) in [4.78, 5) is 14.0.